The van der Waals surface area contributed by atoms with Gasteiger partial charge in [0, 0.05) is 12.5 Å². The first-order valence-electron chi connectivity index (χ1n) is 6.09. The lowest BCUT2D eigenvalue weighted by Crippen LogP contribution is -2.36. The molecule has 0 aromatic heterocycles. The standard InChI is InChI=1S/C15H22N2/c1-4-5-6-7-15(17-16)11-14-9-8-12(2)13(3)10-14/h8-10,15,17H,6-7,11,16H2,1-3H3. The lowest BCUT2D eigenvalue weighted by Gasteiger charge is -2.15. The van der Waals surface area contributed by atoms with Gasteiger partial charge >= 0.3 is 0 Å². The van der Waals surface area contributed by atoms with Crippen LogP contribution >= 0.6 is 0 Å². The van der Waals surface area contributed by atoms with E-state index in [9.17, 15) is 0 Å². The Morgan fingerprint density at radius 3 is 2.65 bits per heavy atom. The maximum Gasteiger partial charge on any atom is 0.0260 e. The normalized spacial score (nSPS) is 11.8. The molecule has 0 saturated carbocycles. The molecule has 0 aliphatic carbocycles. The highest BCUT2D eigenvalue weighted by Gasteiger charge is 2.07. The van der Waals surface area contributed by atoms with Crippen LogP contribution in [0.1, 0.15) is 36.5 Å². The van der Waals surface area contributed by atoms with Crippen molar-refractivity contribution in [1.82, 2.24) is 5.43 Å². The molecule has 2 heteroatoms. The van der Waals surface area contributed by atoms with Crippen molar-refractivity contribution in [2.45, 2.75) is 46.1 Å². The highest BCUT2D eigenvalue weighted by Crippen LogP contribution is 2.12. The van der Waals surface area contributed by atoms with Crippen molar-refractivity contribution in [1.29, 1.82) is 0 Å². The summed E-state index contributed by atoms with van der Waals surface area (Å²) >= 11 is 0. The summed E-state index contributed by atoms with van der Waals surface area (Å²) in [5.41, 5.74) is 6.88. The molecule has 0 spiro atoms. The largest absolute Gasteiger partial charge is 0.271 e. The van der Waals surface area contributed by atoms with E-state index < -0.39 is 0 Å². The van der Waals surface area contributed by atoms with Gasteiger partial charge in [-0.15, -0.1) is 11.8 Å². The summed E-state index contributed by atoms with van der Waals surface area (Å²) in [5.74, 6) is 11.6. The highest BCUT2D eigenvalue weighted by molar-refractivity contribution is 5.30. The molecule has 1 rings (SSSR count). The third kappa shape index (κ3) is 4.60. The van der Waals surface area contributed by atoms with Crippen molar-refractivity contribution in [3.63, 3.8) is 0 Å². The zero-order chi connectivity index (χ0) is 12.7. The van der Waals surface area contributed by atoms with Gasteiger partial charge in [-0.2, -0.15) is 0 Å². The number of nitrogens with one attached hydrogen (secondary N) is 1. The second-order valence-corrected chi connectivity index (χ2v) is 4.45. The van der Waals surface area contributed by atoms with Crippen LogP contribution in [0.25, 0.3) is 0 Å². The predicted molar refractivity (Wildman–Crippen MR) is 73.4 cm³/mol. The minimum atomic E-state index is 0.304. The fourth-order valence-corrected chi connectivity index (χ4v) is 1.83. The Kier molecular flexibility index (Phi) is 5.76. The van der Waals surface area contributed by atoms with Crippen molar-refractivity contribution in [2.24, 2.45) is 5.84 Å². The first kappa shape index (κ1) is 13.8. The molecule has 92 valence electrons. The molecule has 17 heavy (non-hydrogen) atoms. The summed E-state index contributed by atoms with van der Waals surface area (Å²) in [6, 6.07) is 6.89. The van der Waals surface area contributed by atoms with Gasteiger partial charge in [0.05, 0.1) is 0 Å². The van der Waals surface area contributed by atoms with Gasteiger partial charge in [0.15, 0.2) is 0 Å². The summed E-state index contributed by atoms with van der Waals surface area (Å²) < 4.78 is 0. The molecule has 0 radical (unpaired) electrons. The second-order valence-electron chi connectivity index (χ2n) is 4.45. The Morgan fingerprint density at radius 2 is 2.06 bits per heavy atom. The van der Waals surface area contributed by atoms with Crippen molar-refractivity contribution in [3.8, 4) is 11.8 Å². The minimum Gasteiger partial charge on any atom is -0.271 e. The van der Waals surface area contributed by atoms with Gasteiger partial charge < -0.3 is 0 Å². The average molecular weight is 230 g/mol. The lowest BCUT2D eigenvalue weighted by atomic mass is 9.99. The van der Waals surface area contributed by atoms with Gasteiger partial charge in [-0.05, 0) is 50.3 Å². The molecule has 0 heterocycles. The quantitative estimate of drug-likeness (QED) is 0.463. The van der Waals surface area contributed by atoms with Crippen LogP contribution in [0.5, 0.6) is 0 Å². The van der Waals surface area contributed by atoms with E-state index in [-0.39, 0.29) is 0 Å². The van der Waals surface area contributed by atoms with Crippen molar-refractivity contribution >= 4 is 0 Å². The Hall–Kier alpha value is -1.30. The number of nitrogens with two attached hydrogens (primary N) is 1. The van der Waals surface area contributed by atoms with Crippen LogP contribution in [-0.4, -0.2) is 6.04 Å². The second kappa shape index (κ2) is 7.11. The van der Waals surface area contributed by atoms with Crippen LogP contribution in [0.3, 0.4) is 0 Å². The molecule has 0 saturated heterocycles. The monoisotopic (exact) mass is 230 g/mol. The predicted octanol–water partition coefficient (Wildman–Crippen LogP) is 2.48. The topological polar surface area (TPSA) is 38.0 Å². The Labute approximate surface area is 105 Å². The highest BCUT2D eigenvalue weighted by atomic mass is 15.2. The molecular formula is C15H22N2. The molecule has 0 aliphatic heterocycles. The number of hydrogen-bond acceptors (Lipinski definition) is 2. The van der Waals surface area contributed by atoms with Gasteiger partial charge in [0.2, 0.25) is 0 Å². The van der Waals surface area contributed by atoms with Crippen LogP contribution in [0.2, 0.25) is 0 Å². The Morgan fingerprint density at radius 1 is 1.29 bits per heavy atom. The van der Waals surface area contributed by atoms with Gasteiger partial charge in [0.25, 0.3) is 0 Å². The van der Waals surface area contributed by atoms with Crippen LogP contribution in [0.15, 0.2) is 18.2 Å². The fourth-order valence-electron chi connectivity index (χ4n) is 1.83. The molecule has 0 amide bonds. The maximum absolute atomic E-state index is 5.57. The first-order valence-corrected chi connectivity index (χ1v) is 6.09. The number of hydrazine groups is 1. The van der Waals surface area contributed by atoms with E-state index in [1.165, 1.54) is 16.7 Å². The van der Waals surface area contributed by atoms with Crippen molar-refractivity contribution in [2.75, 3.05) is 0 Å². The molecule has 0 fully saturated rings. The zero-order valence-electron chi connectivity index (χ0n) is 11.0. The van der Waals surface area contributed by atoms with E-state index in [4.69, 9.17) is 5.84 Å². The smallest absolute Gasteiger partial charge is 0.0260 e. The number of hydrogen-bond donors (Lipinski definition) is 2. The van der Waals surface area contributed by atoms with Gasteiger partial charge in [-0.25, -0.2) is 0 Å². The molecule has 0 bridgehead atoms. The third-order valence-electron chi connectivity index (χ3n) is 3.08. The van der Waals surface area contributed by atoms with Crippen LogP contribution in [0.4, 0.5) is 0 Å². The third-order valence-corrected chi connectivity index (χ3v) is 3.08. The summed E-state index contributed by atoms with van der Waals surface area (Å²) in [4.78, 5) is 0. The van der Waals surface area contributed by atoms with Crippen LogP contribution in [-0.2, 0) is 6.42 Å². The number of rotatable bonds is 5. The Bertz CT molecular complexity index is 413. The van der Waals surface area contributed by atoms with Gasteiger partial charge in [-0.1, -0.05) is 18.2 Å². The molecule has 1 aromatic carbocycles. The van der Waals surface area contributed by atoms with E-state index in [1.54, 1.807) is 0 Å². The van der Waals surface area contributed by atoms with Crippen LogP contribution < -0.4 is 11.3 Å². The summed E-state index contributed by atoms with van der Waals surface area (Å²) in [5, 5.41) is 0. The fraction of sp³-hybridized carbons (Fsp3) is 0.467. The summed E-state index contributed by atoms with van der Waals surface area (Å²) in [7, 11) is 0. The van der Waals surface area contributed by atoms with Crippen LogP contribution in [0, 0.1) is 25.7 Å². The molecule has 2 nitrogen and oxygen atoms in total. The molecular weight excluding hydrogens is 208 g/mol. The van der Waals surface area contributed by atoms with E-state index in [1.807, 2.05) is 6.92 Å². The Balaban J connectivity index is 2.59. The van der Waals surface area contributed by atoms with E-state index >= 15 is 0 Å². The van der Waals surface area contributed by atoms with E-state index in [2.05, 4.69) is 49.3 Å². The maximum atomic E-state index is 5.57. The summed E-state index contributed by atoms with van der Waals surface area (Å²) in [6.07, 6.45) is 2.85. The SMILES string of the molecule is CC#CCCC(Cc1ccc(C)c(C)c1)NN. The molecule has 3 N–H and O–H groups in total. The number of benzene rings is 1. The zero-order valence-corrected chi connectivity index (χ0v) is 11.0. The number of aryl methyl sites for hydroxylation is 2. The van der Waals surface area contributed by atoms with Crippen molar-refractivity contribution < 1.29 is 0 Å². The summed E-state index contributed by atoms with van der Waals surface area (Å²) in [6.45, 7) is 6.15. The molecule has 0 aliphatic rings. The van der Waals surface area contributed by atoms with E-state index in [0.29, 0.717) is 6.04 Å². The molecule has 1 aromatic rings. The van der Waals surface area contributed by atoms with Gasteiger partial charge in [-0.3, -0.25) is 11.3 Å². The first-order chi connectivity index (χ1) is 8.17. The minimum absolute atomic E-state index is 0.304. The lowest BCUT2D eigenvalue weighted by molar-refractivity contribution is 0.497. The van der Waals surface area contributed by atoms with E-state index in [0.717, 1.165) is 19.3 Å². The average Bonchev–Trinajstić information content (AvgIpc) is 2.32. The molecule has 1 atom stereocenters. The molecule has 1 unspecified atom stereocenters. The van der Waals surface area contributed by atoms with Crippen molar-refractivity contribution in [3.05, 3.63) is 34.9 Å². The van der Waals surface area contributed by atoms with Gasteiger partial charge in [0.1, 0.15) is 0 Å².